The van der Waals surface area contributed by atoms with Gasteiger partial charge in [-0.05, 0) is 38.2 Å². The lowest BCUT2D eigenvalue weighted by molar-refractivity contribution is 0.198. The van der Waals surface area contributed by atoms with Crippen molar-refractivity contribution in [3.63, 3.8) is 0 Å². The summed E-state index contributed by atoms with van der Waals surface area (Å²) in [5.74, 6) is 2.19. The van der Waals surface area contributed by atoms with Gasteiger partial charge in [0, 0.05) is 38.8 Å². The van der Waals surface area contributed by atoms with Crippen molar-refractivity contribution in [1.82, 2.24) is 14.9 Å². The zero-order valence-electron chi connectivity index (χ0n) is 18.6. The van der Waals surface area contributed by atoms with Gasteiger partial charge in [0.25, 0.3) is 0 Å². The number of nitrogens with one attached hydrogen (secondary N) is 2. The molecule has 2 rings (SSSR count). The Morgan fingerprint density at radius 2 is 2.00 bits per heavy atom. The monoisotopic (exact) mass is 440 g/mol. The summed E-state index contributed by atoms with van der Waals surface area (Å²) in [4.78, 5) is 4.25. The Morgan fingerprint density at radius 1 is 1.27 bits per heavy atom. The van der Waals surface area contributed by atoms with Crippen molar-refractivity contribution in [1.29, 1.82) is 0 Å². The van der Waals surface area contributed by atoms with Crippen molar-refractivity contribution >= 4 is 16.0 Å². The summed E-state index contributed by atoms with van der Waals surface area (Å²) in [5, 5.41) is 6.54. The third-order valence-electron chi connectivity index (χ3n) is 5.24. The van der Waals surface area contributed by atoms with E-state index in [4.69, 9.17) is 9.47 Å². The number of rotatable bonds is 11. The second-order valence-corrected chi connectivity index (χ2v) is 9.42. The molecule has 0 unspecified atom stereocenters. The molecule has 0 aliphatic heterocycles. The largest absolute Gasteiger partial charge is 0.493 e. The maximum Gasteiger partial charge on any atom is 0.211 e. The molecule has 0 aromatic heterocycles. The molecule has 9 heteroatoms. The van der Waals surface area contributed by atoms with Crippen LogP contribution in [0.1, 0.15) is 44.6 Å². The fourth-order valence-corrected chi connectivity index (χ4v) is 4.52. The van der Waals surface area contributed by atoms with Gasteiger partial charge >= 0.3 is 0 Å². The molecule has 0 amide bonds. The first-order valence-corrected chi connectivity index (χ1v) is 12.5. The van der Waals surface area contributed by atoms with Crippen LogP contribution in [0.5, 0.6) is 11.5 Å². The molecule has 0 atom stereocenters. The fraction of sp³-hybridized carbons (Fsp3) is 0.667. The molecule has 1 saturated carbocycles. The van der Waals surface area contributed by atoms with Crippen molar-refractivity contribution in [2.24, 2.45) is 4.99 Å². The van der Waals surface area contributed by atoms with Gasteiger partial charge in [0.05, 0.1) is 19.5 Å². The van der Waals surface area contributed by atoms with Crippen LogP contribution in [0.25, 0.3) is 0 Å². The standard InChI is InChI=1S/C21H36N4O4S/c1-5-25(30(4,26)27)15-9-14-23-21(22-2)24-16-17-10-8-13-19(28-3)20(17)29-18-11-6-7-12-18/h8,10,13,18H,5-7,9,11-12,14-16H2,1-4H3,(H2,22,23,24). The first-order chi connectivity index (χ1) is 14.4. The van der Waals surface area contributed by atoms with Crippen LogP contribution in [0, 0.1) is 0 Å². The Labute approximate surface area is 181 Å². The number of methoxy groups -OCH3 is 1. The second-order valence-electron chi connectivity index (χ2n) is 7.43. The fourth-order valence-electron chi connectivity index (χ4n) is 3.59. The normalized spacial score (nSPS) is 15.4. The average Bonchev–Trinajstić information content (AvgIpc) is 3.23. The molecule has 0 heterocycles. The SMILES string of the molecule is CCN(CCCNC(=NC)NCc1cccc(OC)c1OC1CCCC1)S(C)(=O)=O. The Morgan fingerprint density at radius 3 is 2.60 bits per heavy atom. The minimum absolute atomic E-state index is 0.244. The number of aliphatic imine (C=N–C) groups is 1. The highest BCUT2D eigenvalue weighted by Crippen LogP contribution is 2.34. The molecule has 0 bridgehead atoms. The molecule has 1 aliphatic carbocycles. The summed E-state index contributed by atoms with van der Waals surface area (Å²) in [5.41, 5.74) is 1.01. The number of guanidine groups is 1. The summed E-state index contributed by atoms with van der Waals surface area (Å²) in [6, 6.07) is 5.90. The first kappa shape index (κ1) is 24.3. The molecule has 8 nitrogen and oxygen atoms in total. The van der Waals surface area contributed by atoms with Crippen LogP contribution in [0.4, 0.5) is 0 Å². The van der Waals surface area contributed by atoms with E-state index in [0.29, 0.717) is 38.6 Å². The molecule has 1 fully saturated rings. The highest BCUT2D eigenvalue weighted by molar-refractivity contribution is 7.88. The van der Waals surface area contributed by atoms with E-state index in [1.54, 1.807) is 14.2 Å². The maximum absolute atomic E-state index is 11.7. The van der Waals surface area contributed by atoms with E-state index in [1.807, 2.05) is 25.1 Å². The van der Waals surface area contributed by atoms with Gasteiger partial charge in [0.1, 0.15) is 0 Å². The van der Waals surface area contributed by atoms with Crippen molar-refractivity contribution in [2.75, 3.05) is 40.0 Å². The molecule has 1 aromatic carbocycles. The van der Waals surface area contributed by atoms with Crippen LogP contribution in [0.2, 0.25) is 0 Å². The van der Waals surface area contributed by atoms with E-state index < -0.39 is 10.0 Å². The Bertz CT molecular complexity index is 792. The summed E-state index contributed by atoms with van der Waals surface area (Å²) in [6.07, 6.45) is 6.75. The van der Waals surface area contributed by atoms with Gasteiger partial charge in [-0.2, -0.15) is 0 Å². The van der Waals surface area contributed by atoms with Gasteiger partial charge in [-0.3, -0.25) is 4.99 Å². The number of benzene rings is 1. The summed E-state index contributed by atoms with van der Waals surface area (Å²) < 4.78 is 36.6. The van der Waals surface area contributed by atoms with E-state index in [-0.39, 0.29) is 6.10 Å². The van der Waals surface area contributed by atoms with Crippen molar-refractivity contribution in [3.05, 3.63) is 23.8 Å². The van der Waals surface area contributed by atoms with Gasteiger partial charge in [0.15, 0.2) is 17.5 Å². The van der Waals surface area contributed by atoms with Gasteiger partial charge < -0.3 is 20.1 Å². The minimum atomic E-state index is -3.16. The van der Waals surface area contributed by atoms with Crippen LogP contribution in [-0.4, -0.2) is 64.8 Å². The molecule has 2 N–H and O–H groups in total. The van der Waals surface area contributed by atoms with Crippen molar-refractivity contribution in [3.8, 4) is 11.5 Å². The van der Waals surface area contributed by atoms with Crippen LogP contribution in [0.15, 0.2) is 23.2 Å². The predicted molar refractivity (Wildman–Crippen MR) is 121 cm³/mol. The van der Waals surface area contributed by atoms with Crippen LogP contribution >= 0.6 is 0 Å². The molecule has 0 saturated heterocycles. The molecule has 30 heavy (non-hydrogen) atoms. The average molecular weight is 441 g/mol. The highest BCUT2D eigenvalue weighted by Gasteiger charge is 2.20. The third kappa shape index (κ3) is 7.36. The lowest BCUT2D eigenvalue weighted by Crippen LogP contribution is -2.39. The smallest absolute Gasteiger partial charge is 0.211 e. The Kier molecular flexibility index (Phi) is 9.71. The minimum Gasteiger partial charge on any atom is -0.493 e. The molecule has 170 valence electrons. The predicted octanol–water partition coefficient (Wildman–Crippen LogP) is 2.35. The van der Waals surface area contributed by atoms with E-state index in [2.05, 4.69) is 15.6 Å². The number of ether oxygens (including phenoxy) is 2. The molecule has 0 spiro atoms. The Hall–Kier alpha value is -2.00. The zero-order chi connectivity index (χ0) is 22.0. The van der Waals surface area contributed by atoms with E-state index in [0.717, 1.165) is 29.9 Å². The molecule has 1 aromatic rings. The molecule has 0 radical (unpaired) electrons. The van der Waals surface area contributed by atoms with E-state index in [1.165, 1.54) is 23.4 Å². The number of sulfonamides is 1. The number of para-hydroxylation sites is 1. The van der Waals surface area contributed by atoms with Gasteiger partial charge in [-0.1, -0.05) is 19.1 Å². The summed E-state index contributed by atoms with van der Waals surface area (Å²) >= 11 is 0. The van der Waals surface area contributed by atoms with Gasteiger partial charge in [-0.25, -0.2) is 12.7 Å². The van der Waals surface area contributed by atoms with E-state index >= 15 is 0 Å². The van der Waals surface area contributed by atoms with Crippen molar-refractivity contribution < 1.29 is 17.9 Å². The molecular weight excluding hydrogens is 404 g/mol. The van der Waals surface area contributed by atoms with Crippen LogP contribution < -0.4 is 20.1 Å². The number of hydrogen-bond acceptors (Lipinski definition) is 5. The van der Waals surface area contributed by atoms with Crippen molar-refractivity contribution in [2.45, 2.75) is 51.7 Å². The van der Waals surface area contributed by atoms with Gasteiger partial charge in [0.2, 0.25) is 10.0 Å². The summed E-state index contributed by atoms with van der Waals surface area (Å²) in [7, 11) is 0.216. The second kappa shape index (κ2) is 12.0. The Balaban J connectivity index is 1.90. The third-order valence-corrected chi connectivity index (χ3v) is 6.61. The molecule has 1 aliphatic rings. The maximum atomic E-state index is 11.7. The molecular formula is C21H36N4O4S. The van der Waals surface area contributed by atoms with Gasteiger partial charge in [-0.15, -0.1) is 0 Å². The van der Waals surface area contributed by atoms with E-state index in [9.17, 15) is 8.42 Å². The lowest BCUT2D eigenvalue weighted by atomic mass is 10.1. The first-order valence-electron chi connectivity index (χ1n) is 10.6. The summed E-state index contributed by atoms with van der Waals surface area (Å²) in [6.45, 7) is 3.97. The topological polar surface area (TPSA) is 92.3 Å². The quantitative estimate of drug-likeness (QED) is 0.312. The zero-order valence-corrected chi connectivity index (χ0v) is 19.4. The van der Waals surface area contributed by atoms with Crippen LogP contribution in [0.3, 0.4) is 0 Å². The number of hydrogen-bond donors (Lipinski definition) is 2. The highest BCUT2D eigenvalue weighted by atomic mass is 32.2. The van der Waals surface area contributed by atoms with Crippen LogP contribution in [-0.2, 0) is 16.6 Å². The number of nitrogens with zero attached hydrogens (tertiary/aromatic N) is 2. The lowest BCUT2D eigenvalue weighted by Gasteiger charge is -2.20.